The van der Waals surface area contributed by atoms with Crippen molar-refractivity contribution in [3.8, 4) is 0 Å². The van der Waals surface area contributed by atoms with Crippen molar-refractivity contribution in [2.75, 3.05) is 0 Å². The fourth-order valence-corrected chi connectivity index (χ4v) is 3.79. The number of nitrogens with zero attached hydrogens (tertiary/aromatic N) is 6. The molecule has 2 unspecified atom stereocenters. The van der Waals surface area contributed by atoms with Gasteiger partial charge in [-0.15, -0.1) is 0 Å². The highest BCUT2D eigenvalue weighted by molar-refractivity contribution is 5.70. The zero-order chi connectivity index (χ0) is 22.5. The molecular formula is C24H24F2N6. The van der Waals surface area contributed by atoms with E-state index >= 15 is 0 Å². The summed E-state index contributed by atoms with van der Waals surface area (Å²) in [5.41, 5.74) is 3.07. The molecule has 1 aromatic carbocycles. The molecule has 1 aliphatic rings. The summed E-state index contributed by atoms with van der Waals surface area (Å²) in [5, 5.41) is 4.31. The molecule has 1 fully saturated rings. The third-order valence-electron chi connectivity index (χ3n) is 5.53. The minimum Gasteiger partial charge on any atom is -0.285 e. The quantitative estimate of drug-likeness (QED) is 0.471. The Labute approximate surface area is 185 Å². The second-order valence-corrected chi connectivity index (χ2v) is 7.85. The third kappa shape index (κ3) is 5.19. The maximum Gasteiger partial charge on any atom is 0.162 e. The molecule has 1 saturated carbocycles. The highest BCUT2D eigenvalue weighted by Gasteiger charge is 2.40. The molecule has 4 rings (SSSR count). The predicted octanol–water partition coefficient (Wildman–Crippen LogP) is 4.33. The van der Waals surface area contributed by atoms with Crippen molar-refractivity contribution in [2.24, 2.45) is 17.0 Å². The van der Waals surface area contributed by atoms with E-state index in [0.717, 1.165) is 23.2 Å². The third-order valence-corrected chi connectivity index (χ3v) is 5.53. The first-order valence-corrected chi connectivity index (χ1v) is 10.4. The Kier molecular flexibility index (Phi) is 6.58. The van der Waals surface area contributed by atoms with Crippen LogP contribution in [0.5, 0.6) is 0 Å². The Balaban J connectivity index is 1.40. The van der Waals surface area contributed by atoms with Crippen molar-refractivity contribution < 1.29 is 8.78 Å². The maximum atomic E-state index is 14.4. The smallest absolute Gasteiger partial charge is 0.162 e. The first kappa shape index (κ1) is 21.7. The van der Waals surface area contributed by atoms with Crippen LogP contribution in [0.4, 0.5) is 8.78 Å². The van der Waals surface area contributed by atoms with E-state index in [1.807, 2.05) is 19.3 Å². The summed E-state index contributed by atoms with van der Waals surface area (Å²) in [6.45, 7) is 3.72. The van der Waals surface area contributed by atoms with Crippen LogP contribution >= 0.6 is 0 Å². The van der Waals surface area contributed by atoms with E-state index in [4.69, 9.17) is 0 Å². The van der Waals surface area contributed by atoms with E-state index in [1.165, 1.54) is 6.07 Å². The van der Waals surface area contributed by atoms with E-state index in [9.17, 15) is 8.78 Å². The maximum absolute atomic E-state index is 14.4. The first-order chi connectivity index (χ1) is 15.5. The summed E-state index contributed by atoms with van der Waals surface area (Å²) in [4.78, 5) is 16.5. The largest absolute Gasteiger partial charge is 0.285 e. The average Bonchev–Trinajstić information content (AvgIpc) is 3.49. The van der Waals surface area contributed by atoms with Crippen LogP contribution in [0.15, 0.2) is 59.1 Å². The lowest BCUT2D eigenvalue weighted by Gasteiger charge is -2.08. The second kappa shape index (κ2) is 9.72. The number of allylic oxidation sites excluding steroid dienone is 1. The van der Waals surface area contributed by atoms with Crippen molar-refractivity contribution in [1.29, 1.82) is 0 Å². The number of halogens is 2. The van der Waals surface area contributed by atoms with Crippen molar-refractivity contribution >= 4 is 12.9 Å². The van der Waals surface area contributed by atoms with E-state index in [0.29, 0.717) is 30.8 Å². The van der Waals surface area contributed by atoms with Crippen LogP contribution < -0.4 is 0 Å². The van der Waals surface area contributed by atoms with Crippen molar-refractivity contribution in [3.63, 3.8) is 0 Å². The van der Waals surface area contributed by atoms with Gasteiger partial charge in [-0.3, -0.25) is 14.7 Å². The van der Waals surface area contributed by atoms with Gasteiger partial charge in [-0.2, -0.15) is 5.10 Å². The van der Waals surface area contributed by atoms with Crippen molar-refractivity contribution in [1.82, 2.24) is 19.7 Å². The Morgan fingerprint density at radius 1 is 1.16 bits per heavy atom. The normalized spacial score (nSPS) is 18.0. The molecule has 0 spiro atoms. The lowest BCUT2D eigenvalue weighted by atomic mass is 10.00. The van der Waals surface area contributed by atoms with Gasteiger partial charge in [-0.25, -0.2) is 18.7 Å². The molecule has 2 aromatic heterocycles. The summed E-state index contributed by atoms with van der Waals surface area (Å²) in [7, 11) is 1.83. The van der Waals surface area contributed by atoms with Gasteiger partial charge in [0.25, 0.3) is 0 Å². The van der Waals surface area contributed by atoms with Crippen molar-refractivity contribution in [2.45, 2.75) is 37.6 Å². The van der Waals surface area contributed by atoms with Gasteiger partial charge < -0.3 is 0 Å². The minimum atomic E-state index is -0.797. The molecule has 0 N–H and O–H groups in total. The summed E-state index contributed by atoms with van der Waals surface area (Å²) in [6.07, 6.45) is 12.1. The molecule has 164 valence electrons. The number of hydrogen-bond acceptors (Lipinski definition) is 5. The Hall–Kier alpha value is -3.55. The summed E-state index contributed by atoms with van der Waals surface area (Å²) in [5.74, 6) is -0.597. The molecule has 1 aliphatic carbocycles. The number of aromatic nitrogens is 4. The lowest BCUT2D eigenvalue weighted by molar-refractivity contribution is 0.496. The lowest BCUT2D eigenvalue weighted by Crippen LogP contribution is -2.01. The zero-order valence-electron chi connectivity index (χ0n) is 17.8. The Morgan fingerprint density at radius 2 is 1.94 bits per heavy atom. The summed E-state index contributed by atoms with van der Waals surface area (Å²) in [6, 6.07) is 5.00. The summed E-state index contributed by atoms with van der Waals surface area (Å²) < 4.78 is 30.4. The van der Waals surface area contributed by atoms with Crippen molar-refractivity contribution in [3.05, 3.63) is 88.9 Å². The van der Waals surface area contributed by atoms with Crippen LogP contribution in [0, 0.1) is 11.6 Å². The summed E-state index contributed by atoms with van der Waals surface area (Å²) >= 11 is 0. The first-order valence-electron chi connectivity index (χ1n) is 10.4. The topological polar surface area (TPSA) is 68.3 Å². The van der Waals surface area contributed by atoms with Gasteiger partial charge in [0, 0.05) is 38.1 Å². The number of aliphatic imine (C=N–C) groups is 2. The molecule has 2 atom stereocenters. The van der Waals surface area contributed by atoms with Crippen LogP contribution in [0.25, 0.3) is 0 Å². The van der Waals surface area contributed by atoms with Crippen LogP contribution in [0.2, 0.25) is 0 Å². The fraction of sp³-hybridized carbons (Fsp3) is 0.292. The van der Waals surface area contributed by atoms with Gasteiger partial charge in [-0.05, 0) is 72.7 Å². The van der Waals surface area contributed by atoms with Crippen LogP contribution in [-0.4, -0.2) is 32.7 Å². The van der Waals surface area contributed by atoms with Crippen LogP contribution in [-0.2, 0) is 26.4 Å². The molecule has 8 heteroatoms. The van der Waals surface area contributed by atoms with Gasteiger partial charge >= 0.3 is 0 Å². The van der Waals surface area contributed by atoms with E-state index in [1.54, 1.807) is 41.6 Å². The van der Waals surface area contributed by atoms with E-state index in [-0.39, 0.29) is 11.8 Å². The average molecular weight is 434 g/mol. The van der Waals surface area contributed by atoms with Gasteiger partial charge in [0.2, 0.25) is 0 Å². The monoisotopic (exact) mass is 434 g/mol. The SMILES string of the molecule is C=N/C=C\C=NCc1ncc(C2CC2c2cc(F)c(F)c(CCc3ccn(C)n3)c2)cn1. The highest BCUT2D eigenvalue weighted by Crippen LogP contribution is 2.54. The number of benzene rings is 1. The second-order valence-electron chi connectivity index (χ2n) is 7.85. The Bertz CT molecular complexity index is 1150. The molecule has 0 radical (unpaired) electrons. The molecule has 0 bridgehead atoms. The minimum absolute atomic E-state index is 0.141. The highest BCUT2D eigenvalue weighted by atomic mass is 19.2. The molecular weight excluding hydrogens is 410 g/mol. The molecule has 0 aliphatic heterocycles. The van der Waals surface area contributed by atoms with Gasteiger partial charge in [0.15, 0.2) is 11.6 Å². The molecule has 0 amide bonds. The van der Waals surface area contributed by atoms with Gasteiger partial charge in [0.1, 0.15) is 5.82 Å². The van der Waals surface area contributed by atoms with Gasteiger partial charge in [0.05, 0.1) is 12.2 Å². The molecule has 0 saturated heterocycles. The zero-order valence-corrected chi connectivity index (χ0v) is 17.8. The fourth-order valence-electron chi connectivity index (χ4n) is 3.79. The van der Waals surface area contributed by atoms with E-state index < -0.39 is 11.6 Å². The molecule has 6 nitrogen and oxygen atoms in total. The molecule has 3 aromatic rings. The van der Waals surface area contributed by atoms with Gasteiger partial charge in [-0.1, -0.05) is 6.07 Å². The molecule has 32 heavy (non-hydrogen) atoms. The van der Waals surface area contributed by atoms with Crippen LogP contribution in [0.3, 0.4) is 0 Å². The Morgan fingerprint density at radius 3 is 2.66 bits per heavy atom. The van der Waals surface area contributed by atoms with Crippen LogP contribution in [0.1, 0.15) is 46.5 Å². The number of rotatable bonds is 9. The predicted molar refractivity (Wildman–Crippen MR) is 120 cm³/mol. The van der Waals surface area contributed by atoms with E-state index in [2.05, 4.69) is 31.8 Å². The number of aryl methyl sites for hydroxylation is 3. The molecule has 2 heterocycles. The number of hydrogen-bond donors (Lipinski definition) is 0. The standard InChI is InChI=1S/C24H24F2N6/c1-27-7-3-8-28-15-23-29-13-18(14-30-23)21-12-20(21)17-10-16(24(26)22(25)11-17)4-5-19-6-9-32(2)31-19/h3,6-11,13-14,20-21H,1,4-5,12,15H2,2H3/b7-3-,28-8?.